The van der Waals surface area contributed by atoms with E-state index in [1.54, 1.807) is 12.1 Å². The molecule has 2 aliphatic heterocycles. The van der Waals surface area contributed by atoms with Crippen LogP contribution in [0.4, 0.5) is 0 Å². The fourth-order valence-corrected chi connectivity index (χ4v) is 5.85. The number of benzene rings is 2. The highest BCUT2D eigenvalue weighted by molar-refractivity contribution is 7.89. The molecule has 0 bridgehead atoms. The first-order chi connectivity index (χ1) is 13.6. The molecule has 1 saturated heterocycles. The zero-order valence-electron chi connectivity index (χ0n) is 16.2. The lowest BCUT2D eigenvalue weighted by Crippen LogP contribution is -2.54. The van der Waals surface area contributed by atoms with Gasteiger partial charge in [0.05, 0.1) is 11.5 Å². The highest BCUT2D eigenvalue weighted by Gasteiger charge is 2.34. The third-order valence-corrected chi connectivity index (χ3v) is 7.40. The van der Waals surface area contributed by atoms with Crippen molar-refractivity contribution in [3.05, 3.63) is 65.2 Å². The van der Waals surface area contributed by atoms with Crippen LogP contribution < -0.4 is 5.32 Å². The molecule has 0 amide bonds. The van der Waals surface area contributed by atoms with Crippen molar-refractivity contribution in [3.63, 3.8) is 0 Å². The van der Waals surface area contributed by atoms with Gasteiger partial charge in [0.15, 0.2) is 0 Å². The minimum Gasteiger partial charge on any atom is -0.368 e. The molecule has 0 spiro atoms. The number of nitrogens with zero attached hydrogens (tertiary/aromatic N) is 2. The zero-order valence-corrected chi connectivity index (χ0v) is 17.0. The van der Waals surface area contributed by atoms with E-state index in [-0.39, 0.29) is 6.10 Å². The molecular formula is C21H27N3O3S. The van der Waals surface area contributed by atoms with E-state index in [4.69, 9.17) is 4.74 Å². The maximum absolute atomic E-state index is 13.6. The summed E-state index contributed by atoms with van der Waals surface area (Å²) in [5.41, 5.74) is 2.99. The molecule has 2 aromatic carbocycles. The predicted octanol–water partition coefficient (Wildman–Crippen LogP) is 2.18. The van der Waals surface area contributed by atoms with Crippen molar-refractivity contribution in [2.24, 2.45) is 0 Å². The summed E-state index contributed by atoms with van der Waals surface area (Å²) in [5, 5.41) is 5.20. The van der Waals surface area contributed by atoms with Gasteiger partial charge in [0.25, 0.3) is 10.0 Å². The normalized spacial score (nSPS) is 20.9. The average molecular weight is 402 g/mol. The summed E-state index contributed by atoms with van der Waals surface area (Å²) < 4.78 is 34.9. The fourth-order valence-electron chi connectivity index (χ4n) is 4.10. The highest BCUT2D eigenvalue weighted by atomic mass is 32.2. The molecule has 1 fully saturated rings. The Kier molecular flexibility index (Phi) is 5.80. The number of hydrogen-bond acceptors (Lipinski definition) is 5. The van der Waals surface area contributed by atoms with Gasteiger partial charge in [0.1, 0.15) is 6.10 Å². The van der Waals surface area contributed by atoms with Crippen molar-refractivity contribution in [3.8, 4) is 0 Å². The summed E-state index contributed by atoms with van der Waals surface area (Å²) in [6.45, 7) is 5.80. The Bertz CT molecular complexity index is 926. The van der Waals surface area contributed by atoms with Crippen molar-refractivity contribution in [2.75, 3.05) is 39.3 Å². The smallest absolute Gasteiger partial charge is 0.256 e. The number of rotatable bonds is 5. The topological polar surface area (TPSA) is 61.9 Å². The lowest BCUT2D eigenvalue weighted by Gasteiger charge is -2.37. The minimum atomic E-state index is -3.68. The van der Waals surface area contributed by atoms with E-state index in [0.29, 0.717) is 36.7 Å². The van der Waals surface area contributed by atoms with Gasteiger partial charge in [0, 0.05) is 38.3 Å². The number of hydrazine groups is 1. The van der Waals surface area contributed by atoms with Gasteiger partial charge < -0.3 is 10.1 Å². The molecule has 2 aromatic rings. The number of hydrogen-bond donors (Lipinski definition) is 1. The lowest BCUT2D eigenvalue weighted by molar-refractivity contribution is 0.0493. The van der Waals surface area contributed by atoms with Gasteiger partial charge in [-0.3, -0.25) is 0 Å². The van der Waals surface area contributed by atoms with Crippen LogP contribution >= 0.6 is 0 Å². The highest BCUT2D eigenvalue weighted by Crippen LogP contribution is 2.36. The van der Waals surface area contributed by atoms with Crippen LogP contribution in [0.2, 0.25) is 0 Å². The van der Waals surface area contributed by atoms with Gasteiger partial charge in [0.2, 0.25) is 0 Å². The van der Waals surface area contributed by atoms with Gasteiger partial charge in [-0.2, -0.15) is 0 Å². The van der Waals surface area contributed by atoms with Crippen LogP contribution in [0.3, 0.4) is 0 Å². The molecule has 150 valence electrons. The molecule has 1 unspecified atom stereocenters. The second-order valence-electron chi connectivity index (χ2n) is 7.08. The van der Waals surface area contributed by atoms with E-state index in [1.807, 2.05) is 42.3 Å². The summed E-state index contributed by atoms with van der Waals surface area (Å²) in [7, 11) is -3.68. The maximum atomic E-state index is 13.6. The van der Waals surface area contributed by atoms with E-state index in [2.05, 4.69) is 11.4 Å². The summed E-state index contributed by atoms with van der Waals surface area (Å²) in [6.07, 6.45) is 0.487. The standard InChI is InChI=1S/C21H27N3O3S/c1-2-24(23-14-12-22-13-15-23)28(25,26)20-10-6-5-9-19(20)21-18-8-4-3-7-17(18)11-16-27-21/h3-10,21-22H,2,11-16H2,1H3. The first-order valence-corrected chi connectivity index (χ1v) is 11.3. The monoisotopic (exact) mass is 401 g/mol. The van der Waals surface area contributed by atoms with Crippen LogP contribution in [0.5, 0.6) is 0 Å². The molecular weight excluding hydrogens is 374 g/mol. The Morgan fingerprint density at radius 2 is 1.75 bits per heavy atom. The molecule has 0 saturated carbocycles. The molecule has 6 nitrogen and oxygen atoms in total. The Hall–Kier alpha value is -1.77. The molecule has 7 heteroatoms. The third-order valence-electron chi connectivity index (χ3n) is 5.43. The fraction of sp³-hybridized carbons (Fsp3) is 0.429. The van der Waals surface area contributed by atoms with Crippen LogP contribution in [0.15, 0.2) is 53.4 Å². The predicted molar refractivity (Wildman–Crippen MR) is 108 cm³/mol. The molecule has 4 rings (SSSR count). The Morgan fingerprint density at radius 1 is 1.07 bits per heavy atom. The minimum absolute atomic E-state index is 0.331. The van der Waals surface area contributed by atoms with Crippen LogP contribution in [0.25, 0.3) is 0 Å². The maximum Gasteiger partial charge on any atom is 0.256 e. The molecule has 1 atom stereocenters. The summed E-state index contributed by atoms with van der Waals surface area (Å²) in [4.78, 5) is 0.331. The molecule has 2 heterocycles. The van der Waals surface area contributed by atoms with Crippen molar-refractivity contribution >= 4 is 10.0 Å². The summed E-state index contributed by atoms with van der Waals surface area (Å²) in [5.74, 6) is 0. The van der Waals surface area contributed by atoms with Crippen molar-refractivity contribution in [1.29, 1.82) is 0 Å². The lowest BCUT2D eigenvalue weighted by atomic mass is 9.93. The summed E-state index contributed by atoms with van der Waals surface area (Å²) >= 11 is 0. The van der Waals surface area contributed by atoms with Crippen LogP contribution in [-0.4, -0.2) is 57.2 Å². The van der Waals surface area contributed by atoms with Gasteiger partial charge >= 0.3 is 0 Å². The molecule has 0 radical (unpaired) electrons. The van der Waals surface area contributed by atoms with E-state index in [1.165, 1.54) is 9.98 Å². The first kappa shape index (κ1) is 19.5. The average Bonchev–Trinajstić information content (AvgIpc) is 2.74. The number of fused-ring (bicyclic) bond motifs is 1. The van der Waals surface area contributed by atoms with Gasteiger partial charge in [-0.1, -0.05) is 42.5 Å². The number of ether oxygens (including phenoxy) is 1. The molecule has 28 heavy (non-hydrogen) atoms. The number of piperazine rings is 1. The number of sulfonamides is 1. The SMILES string of the molecule is CCN(N1CCNCC1)S(=O)(=O)c1ccccc1C1OCCc2ccccc21. The second kappa shape index (κ2) is 8.31. The van der Waals surface area contributed by atoms with Gasteiger partial charge in [-0.25, -0.2) is 13.4 Å². The van der Waals surface area contributed by atoms with Gasteiger partial charge in [-0.05, 0) is 30.5 Å². The van der Waals surface area contributed by atoms with E-state index < -0.39 is 10.0 Å². The first-order valence-electron chi connectivity index (χ1n) is 9.89. The Morgan fingerprint density at radius 3 is 2.50 bits per heavy atom. The molecule has 0 aromatic heterocycles. The van der Waals surface area contributed by atoms with Crippen molar-refractivity contribution in [2.45, 2.75) is 24.3 Å². The van der Waals surface area contributed by atoms with E-state index in [0.717, 1.165) is 25.1 Å². The Balaban J connectivity index is 1.76. The van der Waals surface area contributed by atoms with E-state index >= 15 is 0 Å². The van der Waals surface area contributed by atoms with Crippen molar-refractivity contribution < 1.29 is 13.2 Å². The van der Waals surface area contributed by atoms with Crippen LogP contribution in [0.1, 0.15) is 29.7 Å². The third kappa shape index (κ3) is 3.60. The largest absolute Gasteiger partial charge is 0.368 e. The molecule has 2 aliphatic rings. The van der Waals surface area contributed by atoms with E-state index in [9.17, 15) is 8.42 Å². The summed E-state index contributed by atoms with van der Waals surface area (Å²) in [6, 6.07) is 15.4. The Labute approximate surface area is 167 Å². The molecule has 0 aliphatic carbocycles. The second-order valence-corrected chi connectivity index (χ2v) is 8.90. The van der Waals surface area contributed by atoms with Crippen LogP contribution in [-0.2, 0) is 21.2 Å². The quantitative estimate of drug-likeness (QED) is 0.832. The van der Waals surface area contributed by atoms with Crippen LogP contribution in [0, 0.1) is 0 Å². The molecule has 1 N–H and O–H groups in total. The van der Waals surface area contributed by atoms with Crippen molar-refractivity contribution in [1.82, 2.24) is 14.7 Å². The van der Waals surface area contributed by atoms with Gasteiger partial charge in [-0.15, -0.1) is 4.41 Å². The zero-order chi connectivity index (χ0) is 19.6. The number of nitrogens with one attached hydrogen (secondary N) is 1.